The highest BCUT2D eigenvalue weighted by Crippen LogP contribution is 1.93. The van der Waals surface area contributed by atoms with E-state index >= 15 is 0 Å². The Bertz CT molecular complexity index is 125. The lowest BCUT2D eigenvalue weighted by molar-refractivity contribution is 0.626. The molecule has 0 aliphatic carbocycles. The zero-order valence-corrected chi connectivity index (χ0v) is 9.00. The fourth-order valence-electron chi connectivity index (χ4n) is 0.313. The third kappa shape index (κ3) is 18.2. The molecule has 0 bridgehead atoms. The van der Waals surface area contributed by atoms with Gasteiger partial charge in [-0.3, -0.25) is 9.37 Å². The van der Waals surface area contributed by atoms with E-state index in [0.717, 1.165) is 5.92 Å². The molecule has 0 amide bonds. The Morgan fingerprint density at radius 2 is 1.46 bits per heavy atom. The van der Waals surface area contributed by atoms with Crippen molar-refractivity contribution in [3.63, 3.8) is 0 Å². The Morgan fingerprint density at radius 3 is 1.54 bits per heavy atom. The third-order valence-corrected chi connectivity index (χ3v) is 1.38. The van der Waals surface area contributed by atoms with Crippen molar-refractivity contribution in [2.75, 3.05) is 7.18 Å². The number of rotatable bonds is 1. The van der Waals surface area contributed by atoms with Crippen LogP contribution in [0.2, 0.25) is 0 Å². The number of aromatic nitrogens is 1. The molecule has 0 aromatic carbocycles. The van der Waals surface area contributed by atoms with E-state index in [9.17, 15) is 4.39 Å². The van der Waals surface area contributed by atoms with Crippen LogP contribution in [0.3, 0.4) is 0 Å². The number of nitrogens with zero attached hydrogens (tertiary/aromatic N) is 1. The first-order valence-corrected chi connectivity index (χ1v) is 4.50. The van der Waals surface area contributed by atoms with Crippen molar-refractivity contribution < 1.29 is 4.39 Å². The number of pyridine rings is 1. The van der Waals surface area contributed by atoms with E-state index in [4.69, 9.17) is 0 Å². The first-order chi connectivity index (χ1) is 6.27. The molecule has 0 fully saturated rings. The standard InChI is InChI=1S/C5H5N.C5H12.CH3F/c1-2-4-6-5-3-1;1-4-5(2)3;1-2/h1-5H;5H,4H2,1-3H3;1H3. The fourth-order valence-corrected chi connectivity index (χ4v) is 0.313. The van der Waals surface area contributed by atoms with Crippen LogP contribution in [0.1, 0.15) is 27.2 Å². The summed E-state index contributed by atoms with van der Waals surface area (Å²) in [4.78, 5) is 3.78. The van der Waals surface area contributed by atoms with Crippen molar-refractivity contribution in [3.8, 4) is 0 Å². The van der Waals surface area contributed by atoms with Gasteiger partial charge in [0.25, 0.3) is 0 Å². The summed E-state index contributed by atoms with van der Waals surface area (Å²) in [5, 5.41) is 0. The van der Waals surface area contributed by atoms with E-state index in [1.54, 1.807) is 12.4 Å². The van der Waals surface area contributed by atoms with Crippen molar-refractivity contribution >= 4 is 0 Å². The number of alkyl halides is 1. The maximum atomic E-state index is 9.50. The smallest absolute Gasteiger partial charge is 0.0785 e. The maximum absolute atomic E-state index is 9.50. The highest BCUT2D eigenvalue weighted by Gasteiger charge is 1.80. The molecule has 2 heteroatoms. The van der Waals surface area contributed by atoms with Crippen molar-refractivity contribution in [2.24, 2.45) is 5.92 Å². The third-order valence-electron chi connectivity index (χ3n) is 1.38. The first-order valence-electron chi connectivity index (χ1n) is 4.50. The fraction of sp³-hybridized carbons (Fsp3) is 0.545. The molecule has 0 unspecified atom stereocenters. The molecule has 0 atom stereocenters. The van der Waals surface area contributed by atoms with Gasteiger partial charge in [-0.05, 0) is 18.1 Å². The van der Waals surface area contributed by atoms with E-state index in [1.807, 2.05) is 18.2 Å². The summed E-state index contributed by atoms with van der Waals surface area (Å²) in [6.45, 7) is 6.64. The van der Waals surface area contributed by atoms with Crippen LogP contribution < -0.4 is 0 Å². The van der Waals surface area contributed by atoms with Crippen LogP contribution in [0.25, 0.3) is 0 Å². The van der Waals surface area contributed by atoms with Gasteiger partial charge in [-0.15, -0.1) is 0 Å². The summed E-state index contributed by atoms with van der Waals surface area (Å²) in [6, 6.07) is 5.72. The van der Waals surface area contributed by atoms with Crippen LogP contribution >= 0.6 is 0 Å². The zero-order valence-electron chi connectivity index (χ0n) is 9.00. The molecule has 0 N–H and O–H groups in total. The molecule has 1 aromatic heterocycles. The van der Waals surface area contributed by atoms with Crippen LogP contribution in [0.5, 0.6) is 0 Å². The van der Waals surface area contributed by atoms with Crippen LogP contribution in [0, 0.1) is 5.92 Å². The summed E-state index contributed by atoms with van der Waals surface area (Å²) < 4.78 is 9.50. The van der Waals surface area contributed by atoms with E-state index < -0.39 is 0 Å². The number of halogens is 1. The lowest BCUT2D eigenvalue weighted by Crippen LogP contribution is -1.77. The van der Waals surface area contributed by atoms with Gasteiger partial charge in [0.05, 0.1) is 7.18 Å². The van der Waals surface area contributed by atoms with Gasteiger partial charge in [-0.2, -0.15) is 0 Å². The molecule has 0 aliphatic heterocycles. The summed E-state index contributed by atoms with van der Waals surface area (Å²) in [6.07, 6.45) is 4.81. The Morgan fingerprint density at radius 1 is 1.08 bits per heavy atom. The summed E-state index contributed by atoms with van der Waals surface area (Å²) in [7, 11) is 0.500. The van der Waals surface area contributed by atoms with E-state index in [2.05, 4.69) is 25.8 Å². The predicted octanol–water partition coefficient (Wildman–Crippen LogP) is 3.72. The van der Waals surface area contributed by atoms with Crippen LogP contribution in [-0.4, -0.2) is 12.2 Å². The van der Waals surface area contributed by atoms with E-state index in [0.29, 0.717) is 7.18 Å². The highest BCUT2D eigenvalue weighted by atomic mass is 19.1. The quantitative estimate of drug-likeness (QED) is 0.649. The molecule has 0 saturated heterocycles. The average Bonchev–Trinajstić information content (AvgIpc) is 2.24. The molecule has 1 nitrogen and oxygen atoms in total. The molecule has 13 heavy (non-hydrogen) atoms. The second kappa shape index (κ2) is 13.7. The molecule has 1 rings (SSSR count). The second-order valence-electron chi connectivity index (χ2n) is 2.83. The number of hydrogen-bond acceptors (Lipinski definition) is 1. The first kappa shape index (κ1) is 14.6. The Kier molecular flexibility index (Phi) is 15.3. The van der Waals surface area contributed by atoms with Gasteiger partial charge in [0, 0.05) is 12.4 Å². The monoisotopic (exact) mass is 185 g/mol. The van der Waals surface area contributed by atoms with Gasteiger partial charge in [-0.25, -0.2) is 0 Å². The minimum atomic E-state index is 0.500. The van der Waals surface area contributed by atoms with Gasteiger partial charge in [-0.1, -0.05) is 33.3 Å². The molecular weight excluding hydrogens is 165 g/mol. The minimum absolute atomic E-state index is 0.500. The average molecular weight is 185 g/mol. The van der Waals surface area contributed by atoms with Crippen molar-refractivity contribution in [1.82, 2.24) is 4.98 Å². The minimum Gasteiger partial charge on any atom is -0.265 e. The van der Waals surface area contributed by atoms with Crippen molar-refractivity contribution in [1.29, 1.82) is 0 Å². The summed E-state index contributed by atoms with van der Waals surface area (Å²) >= 11 is 0. The van der Waals surface area contributed by atoms with Gasteiger partial charge >= 0.3 is 0 Å². The lowest BCUT2D eigenvalue weighted by Gasteiger charge is -1.90. The Balaban J connectivity index is 0. The van der Waals surface area contributed by atoms with Gasteiger partial charge in [0.1, 0.15) is 0 Å². The largest absolute Gasteiger partial charge is 0.265 e. The normalized spacial score (nSPS) is 7.85. The van der Waals surface area contributed by atoms with Gasteiger partial charge < -0.3 is 0 Å². The molecule has 0 saturated carbocycles. The van der Waals surface area contributed by atoms with Crippen LogP contribution in [-0.2, 0) is 0 Å². The Labute approximate surface area is 81.0 Å². The summed E-state index contributed by atoms with van der Waals surface area (Å²) in [5.41, 5.74) is 0. The Hall–Kier alpha value is -0.920. The van der Waals surface area contributed by atoms with Crippen molar-refractivity contribution in [3.05, 3.63) is 30.6 Å². The number of hydrogen-bond donors (Lipinski definition) is 0. The van der Waals surface area contributed by atoms with Gasteiger partial charge in [0.15, 0.2) is 0 Å². The second-order valence-corrected chi connectivity index (χ2v) is 2.83. The van der Waals surface area contributed by atoms with Crippen LogP contribution in [0.15, 0.2) is 30.6 Å². The summed E-state index contributed by atoms with van der Waals surface area (Å²) in [5.74, 6) is 0.884. The molecule has 1 aromatic rings. The predicted molar refractivity (Wildman–Crippen MR) is 56.4 cm³/mol. The topological polar surface area (TPSA) is 12.9 Å². The lowest BCUT2D eigenvalue weighted by atomic mass is 10.2. The molecule has 0 radical (unpaired) electrons. The molecule has 76 valence electrons. The van der Waals surface area contributed by atoms with E-state index in [-0.39, 0.29) is 0 Å². The maximum Gasteiger partial charge on any atom is 0.0785 e. The molecule has 0 spiro atoms. The SMILES string of the molecule is CCC(C)C.CF.c1ccncc1. The molecule has 1 heterocycles. The molecule has 0 aliphatic rings. The van der Waals surface area contributed by atoms with E-state index in [1.165, 1.54) is 6.42 Å². The van der Waals surface area contributed by atoms with Crippen LogP contribution in [0.4, 0.5) is 4.39 Å². The van der Waals surface area contributed by atoms with Crippen molar-refractivity contribution in [2.45, 2.75) is 27.2 Å². The van der Waals surface area contributed by atoms with Gasteiger partial charge in [0.2, 0.25) is 0 Å². The highest BCUT2D eigenvalue weighted by molar-refractivity contribution is 4.88. The zero-order chi connectivity index (χ0) is 10.5. The molecular formula is C11H20FN.